The molecule has 15 heteroatoms. The highest BCUT2D eigenvalue weighted by atomic mass is 35.5. The summed E-state index contributed by atoms with van der Waals surface area (Å²) in [6.45, 7) is 8.67. The Morgan fingerprint density at radius 1 is 0.633 bits per heavy atom. The van der Waals surface area contributed by atoms with Gasteiger partial charge < -0.3 is 23.3 Å². The molecule has 2 aromatic carbocycles. The summed E-state index contributed by atoms with van der Waals surface area (Å²) in [5, 5.41) is 4.65. The monoisotopic (exact) mass is 878 g/mol. The van der Waals surface area contributed by atoms with Crippen LogP contribution in [0.5, 0.6) is 11.5 Å². The summed E-state index contributed by atoms with van der Waals surface area (Å²) >= 11 is 16.1. The maximum Gasteiger partial charge on any atom is 0.315 e. The van der Waals surface area contributed by atoms with Crippen molar-refractivity contribution in [3.63, 3.8) is 0 Å². The molecule has 8 rings (SSSR count). The predicted octanol–water partition coefficient (Wildman–Crippen LogP) is 11.8. The van der Waals surface area contributed by atoms with Crippen LogP contribution in [0.3, 0.4) is 0 Å². The first-order valence-electron chi connectivity index (χ1n) is 19.5. The Kier molecular flexibility index (Phi) is 12.3. The number of aromatic nitrogens is 6. The number of aryl methyl sites for hydroxylation is 2. The van der Waals surface area contributed by atoms with E-state index in [0.717, 1.165) is 64.1 Å². The van der Waals surface area contributed by atoms with Crippen LogP contribution in [-0.4, -0.2) is 53.2 Å². The molecule has 0 N–H and O–H groups in total. The molecule has 0 radical (unpaired) electrons. The summed E-state index contributed by atoms with van der Waals surface area (Å²) in [6, 6.07) is 19.3. The van der Waals surface area contributed by atoms with E-state index >= 15 is 0 Å². The van der Waals surface area contributed by atoms with Crippen molar-refractivity contribution in [2.45, 2.75) is 72.3 Å². The van der Waals surface area contributed by atoms with Gasteiger partial charge in [-0.15, -0.1) is 22.7 Å². The van der Waals surface area contributed by atoms with Crippen LogP contribution in [0.15, 0.2) is 97.8 Å². The van der Waals surface area contributed by atoms with Crippen LogP contribution in [0.25, 0.3) is 64.1 Å². The quantitative estimate of drug-likeness (QED) is 0.0731. The smallest absolute Gasteiger partial charge is 0.315 e. The van der Waals surface area contributed by atoms with Crippen LogP contribution >= 0.6 is 45.9 Å². The van der Waals surface area contributed by atoms with Gasteiger partial charge in [0, 0.05) is 89.7 Å². The van der Waals surface area contributed by atoms with Gasteiger partial charge >= 0.3 is 11.9 Å². The van der Waals surface area contributed by atoms with Crippen LogP contribution in [0.2, 0.25) is 10.0 Å². The fourth-order valence-corrected chi connectivity index (χ4v) is 9.19. The minimum Gasteiger partial charge on any atom is -0.489 e. The minimum absolute atomic E-state index is 0.0164. The van der Waals surface area contributed by atoms with Crippen molar-refractivity contribution in [1.82, 2.24) is 29.1 Å². The summed E-state index contributed by atoms with van der Waals surface area (Å²) in [5.41, 5.74) is 5.32. The van der Waals surface area contributed by atoms with Gasteiger partial charge in [-0.2, -0.15) is 0 Å². The highest BCUT2D eigenvalue weighted by molar-refractivity contribution is 7.18. The Morgan fingerprint density at radius 2 is 1.12 bits per heavy atom. The SMILES string of the molecule is CC(C)Oc1ccc(-c2ncc(-c3ccnc4c3ccn4CCCC(=O)OC(=O)CCn3ccc4c(-c5cnc(-c6ccc(OC(C)C)c(Cl)c6)s5)ccnc43)s2)cc1Cl. The lowest BCUT2D eigenvalue weighted by atomic mass is 10.1. The molecule has 8 aromatic rings. The lowest BCUT2D eigenvalue weighted by Gasteiger charge is -2.11. The Bertz CT molecular complexity index is 2840. The fourth-order valence-electron chi connectivity index (χ4n) is 6.84. The molecule has 0 unspecified atom stereocenters. The van der Waals surface area contributed by atoms with Gasteiger partial charge in [-0.1, -0.05) is 23.2 Å². The summed E-state index contributed by atoms with van der Waals surface area (Å²) in [7, 11) is 0. The van der Waals surface area contributed by atoms with E-state index in [1.54, 1.807) is 35.1 Å². The van der Waals surface area contributed by atoms with Gasteiger partial charge in [-0.25, -0.2) is 19.9 Å². The normalized spacial score (nSPS) is 11.6. The average molecular weight is 880 g/mol. The molecule has 11 nitrogen and oxygen atoms in total. The van der Waals surface area contributed by atoms with E-state index in [9.17, 15) is 9.59 Å². The van der Waals surface area contributed by atoms with Crippen molar-refractivity contribution in [2.24, 2.45) is 0 Å². The van der Waals surface area contributed by atoms with Crippen molar-refractivity contribution in [1.29, 1.82) is 0 Å². The first-order valence-corrected chi connectivity index (χ1v) is 21.9. The molecular weight excluding hydrogens is 840 g/mol. The summed E-state index contributed by atoms with van der Waals surface area (Å²) < 4.78 is 20.7. The average Bonchev–Trinajstić information content (AvgIpc) is 4.05. The number of fused-ring (bicyclic) bond motifs is 2. The van der Waals surface area contributed by atoms with E-state index in [1.165, 1.54) is 0 Å². The zero-order valence-corrected chi connectivity index (χ0v) is 36.4. The van der Waals surface area contributed by atoms with Gasteiger partial charge in [0.2, 0.25) is 0 Å². The zero-order valence-electron chi connectivity index (χ0n) is 33.2. The molecule has 0 bridgehead atoms. The van der Waals surface area contributed by atoms with Gasteiger partial charge in [-0.3, -0.25) is 9.59 Å². The number of halogens is 2. The van der Waals surface area contributed by atoms with Crippen molar-refractivity contribution in [3.05, 3.63) is 108 Å². The molecule has 0 aliphatic heterocycles. The lowest BCUT2D eigenvalue weighted by molar-refractivity contribution is -0.159. The molecule has 6 heterocycles. The number of pyridine rings is 2. The second-order valence-corrected chi connectivity index (χ2v) is 17.5. The molecule has 0 aliphatic carbocycles. The zero-order chi connectivity index (χ0) is 41.9. The molecule has 0 spiro atoms. The number of hydrogen-bond donors (Lipinski definition) is 0. The summed E-state index contributed by atoms with van der Waals surface area (Å²) in [5.74, 6) is 0.133. The van der Waals surface area contributed by atoms with Crippen molar-refractivity contribution in [3.8, 4) is 53.5 Å². The van der Waals surface area contributed by atoms with E-state index in [2.05, 4.69) is 19.9 Å². The number of hydrogen-bond acceptors (Lipinski definition) is 11. The minimum atomic E-state index is -0.586. The van der Waals surface area contributed by atoms with Gasteiger partial charge in [0.15, 0.2) is 0 Å². The Balaban J connectivity index is 0.845. The van der Waals surface area contributed by atoms with Gasteiger partial charge in [0.1, 0.15) is 32.8 Å². The number of carbonyl (C=O) groups is 2. The summed E-state index contributed by atoms with van der Waals surface area (Å²) in [4.78, 5) is 46.0. The highest BCUT2D eigenvalue weighted by Crippen LogP contribution is 2.40. The number of rotatable bonds is 15. The maximum absolute atomic E-state index is 12.8. The second kappa shape index (κ2) is 17.9. The van der Waals surface area contributed by atoms with Gasteiger partial charge in [-0.05, 0) is 94.8 Å². The van der Waals surface area contributed by atoms with Gasteiger partial charge in [0.25, 0.3) is 0 Å². The van der Waals surface area contributed by atoms with Crippen LogP contribution in [0.4, 0.5) is 0 Å². The van der Waals surface area contributed by atoms with E-state index < -0.39 is 11.9 Å². The molecular formula is C45H40Cl2N6O5S2. The largest absolute Gasteiger partial charge is 0.489 e. The molecule has 6 aromatic heterocycles. The Hall–Kier alpha value is -5.60. The first-order chi connectivity index (χ1) is 29.0. The van der Waals surface area contributed by atoms with Crippen LogP contribution in [0.1, 0.15) is 47.0 Å². The first kappa shape index (κ1) is 41.1. The molecule has 0 amide bonds. The number of esters is 2. The number of nitrogens with zero attached hydrogens (tertiary/aromatic N) is 6. The molecule has 0 atom stereocenters. The third-order valence-electron chi connectivity index (χ3n) is 9.51. The van der Waals surface area contributed by atoms with E-state index in [4.69, 9.17) is 37.4 Å². The predicted molar refractivity (Wildman–Crippen MR) is 239 cm³/mol. The lowest BCUT2D eigenvalue weighted by Crippen LogP contribution is -2.15. The Labute approximate surface area is 364 Å². The number of benzene rings is 2. The van der Waals surface area contributed by atoms with Gasteiger partial charge in [0.05, 0.1) is 38.4 Å². The highest BCUT2D eigenvalue weighted by Gasteiger charge is 2.18. The molecule has 306 valence electrons. The third-order valence-corrected chi connectivity index (χ3v) is 12.3. The molecule has 0 aliphatic rings. The van der Waals surface area contributed by atoms with E-state index in [1.807, 2.05) is 122 Å². The van der Waals surface area contributed by atoms with Crippen molar-refractivity contribution >= 4 is 79.9 Å². The van der Waals surface area contributed by atoms with Crippen molar-refractivity contribution < 1.29 is 23.8 Å². The Morgan fingerprint density at radius 3 is 1.60 bits per heavy atom. The van der Waals surface area contributed by atoms with E-state index in [-0.39, 0.29) is 25.0 Å². The van der Waals surface area contributed by atoms with Crippen LogP contribution < -0.4 is 9.47 Å². The second-order valence-electron chi connectivity index (χ2n) is 14.6. The number of ether oxygens (including phenoxy) is 3. The number of thiazole rings is 2. The molecule has 0 saturated carbocycles. The number of carbonyl (C=O) groups excluding carboxylic acids is 2. The molecule has 0 fully saturated rings. The topological polar surface area (TPSA) is 123 Å². The van der Waals surface area contributed by atoms with Crippen molar-refractivity contribution in [2.75, 3.05) is 0 Å². The standard InChI is InChI=1S/C45H40Cl2N6O5S2/c1-26(2)56-36-9-7-28(22-34(36)46)44-50-24-38(59-44)30-11-16-48-42-32(30)13-19-52(42)18-5-6-40(54)58-41(55)15-21-53-20-14-33-31(12-17-49-43(33)53)39-25-51-45(60-39)29-8-10-37(35(47)23-29)57-27(3)4/h7-14,16-17,19-20,22-27H,5-6,15,18,21H2,1-4H3. The maximum atomic E-state index is 12.8. The van der Waals surface area contributed by atoms with Crippen LogP contribution in [-0.2, 0) is 27.4 Å². The summed E-state index contributed by atoms with van der Waals surface area (Å²) in [6.07, 6.45) is 11.7. The van der Waals surface area contributed by atoms with E-state index in [0.29, 0.717) is 41.1 Å². The van der Waals surface area contributed by atoms with Crippen LogP contribution in [0, 0.1) is 0 Å². The molecule has 60 heavy (non-hydrogen) atoms. The molecule has 0 saturated heterocycles. The third kappa shape index (κ3) is 9.09. The fraction of sp³-hybridized carbons (Fsp3) is 0.244.